The Bertz CT molecular complexity index is 1070. The average molecular weight is 427 g/mol. The smallest absolute Gasteiger partial charge is 0.311 e. The fourth-order valence-corrected chi connectivity index (χ4v) is 4.30. The van der Waals surface area contributed by atoms with E-state index in [0.29, 0.717) is 6.54 Å². The standard InChI is InChI=1S/C18H14ClF3N4OS/c1-10(16(27)25-7-6-11-4-2-3-5-14(11)25)28-17-24-23-15-13(19)8-12(9-26(15)17)18(20,21)22/h2-5,8-10H,6-7H2,1H3/t10-/m0/s1. The highest BCUT2D eigenvalue weighted by Gasteiger charge is 2.33. The zero-order valence-electron chi connectivity index (χ0n) is 14.6. The van der Waals surface area contributed by atoms with Crippen molar-refractivity contribution in [2.45, 2.75) is 29.9 Å². The molecule has 0 saturated heterocycles. The SMILES string of the molecule is C[C@H](Sc1nnc2c(Cl)cc(C(F)(F)F)cn12)C(=O)N1CCc2ccccc21. The number of carbonyl (C=O) groups excluding carboxylic acids is 1. The van der Waals surface area contributed by atoms with Gasteiger partial charge in [-0.15, -0.1) is 10.2 Å². The molecule has 1 aliphatic rings. The zero-order valence-corrected chi connectivity index (χ0v) is 16.1. The summed E-state index contributed by atoms with van der Waals surface area (Å²) >= 11 is 6.98. The number of halogens is 4. The number of amides is 1. The molecule has 28 heavy (non-hydrogen) atoms. The molecule has 2 aromatic heterocycles. The molecule has 146 valence electrons. The topological polar surface area (TPSA) is 50.5 Å². The third-order valence-electron chi connectivity index (χ3n) is 4.54. The minimum absolute atomic E-state index is 0.114. The summed E-state index contributed by atoms with van der Waals surface area (Å²) in [7, 11) is 0. The molecule has 0 unspecified atom stereocenters. The van der Waals surface area contributed by atoms with Gasteiger partial charge in [-0.2, -0.15) is 13.2 Å². The van der Waals surface area contributed by atoms with E-state index in [2.05, 4.69) is 10.2 Å². The molecule has 1 atom stereocenters. The number of anilines is 1. The van der Waals surface area contributed by atoms with Gasteiger partial charge in [0.1, 0.15) is 0 Å². The van der Waals surface area contributed by atoms with Crippen LogP contribution in [0, 0.1) is 0 Å². The molecule has 0 saturated carbocycles. The molecule has 3 aromatic rings. The predicted molar refractivity (Wildman–Crippen MR) is 101 cm³/mol. The number of carbonyl (C=O) groups is 1. The van der Waals surface area contributed by atoms with Crippen LogP contribution < -0.4 is 4.90 Å². The van der Waals surface area contributed by atoms with Gasteiger partial charge in [-0.1, -0.05) is 41.6 Å². The van der Waals surface area contributed by atoms with Crippen molar-refractivity contribution >= 4 is 40.6 Å². The van der Waals surface area contributed by atoms with Crippen molar-refractivity contribution in [2.75, 3.05) is 11.4 Å². The molecular formula is C18H14ClF3N4OS. The normalized spacial score (nSPS) is 15.1. The van der Waals surface area contributed by atoms with Crippen LogP contribution >= 0.6 is 23.4 Å². The maximum atomic E-state index is 13.1. The van der Waals surface area contributed by atoms with Crippen molar-refractivity contribution in [1.29, 1.82) is 0 Å². The van der Waals surface area contributed by atoms with Crippen LogP contribution in [-0.2, 0) is 17.4 Å². The van der Waals surface area contributed by atoms with E-state index in [-0.39, 0.29) is 21.7 Å². The Morgan fingerprint density at radius 3 is 2.79 bits per heavy atom. The van der Waals surface area contributed by atoms with Crippen LogP contribution in [0.5, 0.6) is 0 Å². The summed E-state index contributed by atoms with van der Waals surface area (Å²) in [6, 6.07) is 8.48. The molecule has 5 nitrogen and oxygen atoms in total. The predicted octanol–water partition coefficient (Wildman–Crippen LogP) is 4.47. The van der Waals surface area contributed by atoms with E-state index in [4.69, 9.17) is 11.6 Å². The van der Waals surface area contributed by atoms with Crippen LogP contribution in [0.1, 0.15) is 18.1 Å². The fraction of sp³-hybridized carbons (Fsp3) is 0.278. The molecule has 0 spiro atoms. The number of para-hydroxylation sites is 1. The first-order valence-electron chi connectivity index (χ1n) is 8.43. The van der Waals surface area contributed by atoms with Gasteiger partial charge in [-0.05, 0) is 31.0 Å². The lowest BCUT2D eigenvalue weighted by Gasteiger charge is -2.21. The Balaban J connectivity index is 1.61. The number of nitrogens with zero attached hydrogens (tertiary/aromatic N) is 4. The molecular weight excluding hydrogens is 413 g/mol. The molecule has 10 heteroatoms. The van der Waals surface area contributed by atoms with Crippen LogP contribution in [0.15, 0.2) is 41.7 Å². The van der Waals surface area contributed by atoms with Gasteiger partial charge in [-0.25, -0.2) is 0 Å². The van der Waals surface area contributed by atoms with Gasteiger partial charge in [0.25, 0.3) is 0 Å². The summed E-state index contributed by atoms with van der Waals surface area (Å²) in [6.07, 6.45) is -2.88. The molecule has 0 bridgehead atoms. The van der Waals surface area contributed by atoms with Crippen molar-refractivity contribution in [2.24, 2.45) is 0 Å². The molecule has 0 radical (unpaired) electrons. The maximum absolute atomic E-state index is 13.1. The van der Waals surface area contributed by atoms with E-state index in [0.717, 1.165) is 41.7 Å². The Labute approximate surface area is 167 Å². The summed E-state index contributed by atoms with van der Waals surface area (Å²) in [5, 5.41) is 7.24. The second-order valence-corrected chi connectivity index (χ2v) is 8.09. The van der Waals surface area contributed by atoms with Gasteiger partial charge >= 0.3 is 6.18 Å². The van der Waals surface area contributed by atoms with E-state index in [1.54, 1.807) is 11.8 Å². The van der Waals surface area contributed by atoms with Crippen LogP contribution in [0.2, 0.25) is 5.02 Å². The third-order valence-corrected chi connectivity index (χ3v) is 5.86. The Hall–Kier alpha value is -2.26. The zero-order chi connectivity index (χ0) is 20.1. The number of thioether (sulfide) groups is 1. The van der Waals surface area contributed by atoms with E-state index >= 15 is 0 Å². The second kappa shape index (κ2) is 6.97. The van der Waals surface area contributed by atoms with Crippen molar-refractivity contribution in [3.63, 3.8) is 0 Å². The highest BCUT2D eigenvalue weighted by atomic mass is 35.5. The van der Waals surface area contributed by atoms with E-state index in [1.807, 2.05) is 24.3 Å². The average Bonchev–Trinajstić information content (AvgIpc) is 3.25. The van der Waals surface area contributed by atoms with Crippen molar-refractivity contribution in [1.82, 2.24) is 14.6 Å². The lowest BCUT2D eigenvalue weighted by molar-refractivity contribution is -0.137. The number of benzene rings is 1. The molecule has 0 aliphatic carbocycles. The van der Waals surface area contributed by atoms with E-state index in [1.165, 1.54) is 4.40 Å². The first-order chi connectivity index (χ1) is 13.3. The number of aromatic nitrogens is 3. The Morgan fingerprint density at radius 1 is 1.29 bits per heavy atom. The first-order valence-corrected chi connectivity index (χ1v) is 9.69. The molecule has 1 aromatic carbocycles. The highest BCUT2D eigenvalue weighted by Crippen LogP contribution is 2.35. The van der Waals surface area contributed by atoms with Gasteiger partial charge in [0, 0.05) is 18.4 Å². The molecule has 0 fully saturated rings. The lowest BCUT2D eigenvalue weighted by Crippen LogP contribution is -2.35. The van der Waals surface area contributed by atoms with E-state index < -0.39 is 17.0 Å². The number of hydrogen-bond acceptors (Lipinski definition) is 4. The maximum Gasteiger partial charge on any atom is 0.417 e. The number of alkyl halides is 3. The van der Waals surface area contributed by atoms with Gasteiger partial charge in [0.15, 0.2) is 10.8 Å². The Kier molecular flexibility index (Phi) is 4.75. The quantitative estimate of drug-likeness (QED) is 0.580. The van der Waals surface area contributed by atoms with Gasteiger partial charge in [-0.3, -0.25) is 9.20 Å². The monoisotopic (exact) mass is 426 g/mol. The van der Waals surface area contributed by atoms with Crippen molar-refractivity contribution < 1.29 is 18.0 Å². The molecule has 1 amide bonds. The number of rotatable bonds is 3. The summed E-state index contributed by atoms with van der Waals surface area (Å²) in [4.78, 5) is 14.6. The molecule has 3 heterocycles. The summed E-state index contributed by atoms with van der Waals surface area (Å²) in [6.45, 7) is 2.28. The first kappa shape index (κ1) is 19.1. The number of fused-ring (bicyclic) bond motifs is 2. The molecule has 4 rings (SSSR count). The van der Waals surface area contributed by atoms with Crippen molar-refractivity contribution in [3.05, 3.63) is 52.7 Å². The summed E-state index contributed by atoms with van der Waals surface area (Å²) < 4.78 is 40.4. The number of hydrogen-bond donors (Lipinski definition) is 0. The lowest BCUT2D eigenvalue weighted by atomic mass is 10.2. The summed E-state index contributed by atoms with van der Waals surface area (Å²) in [5.41, 5.74) is 1.18. The number of pyridine rings is 1. The third kappa shape index (κ3) is 3.33. The van der Waals surface area contributed by atoms with Crippen LogP contribution in [0.25, 0.3) is 5.65 Å². The van der Waals surface area contributed by atoms with E-state index in [9.17, 15) is 18.0 Å². The van der Waals surface area contributed by atoms with Gasteiger partial charge in [0.2, 0.25) is 5.91 Å². The van der Waals surface area contributed by atoms with Crippen LogP contribution in [-0.4, -0.2) is 32.3 Å². The minimum atomic E-state index is -4.55. The minimum Gasteiger partial charge on any atom is -0.311 e. The summed E-state index contributed by atoms with van der Waals surface area (Å²) in [5.74, 6) is -0.134. The molecule has 0 N–H and O–H groups in total. The molecule has 1 aliphatic heterocycles. The van der Waals surface area contributed by atoms with Gasteiger partial charge in [0.05, 0.1) is 15.8 Å². The van der Waals surface area contributed by atoms with Crippen molar-refractivity contribution in [3.8, 4) is 0 Å². The van der Waals surface area contributed by atoms with Crippen LogP contribution in [0.3, 0.4) is 0 Å². The highest BCUT2D eigenvalue weighted by molar-refractivity contribution is 8.00. The fourth-order valence-electron chi connectivity index (χ4n) is 3.16. The Morgan fingerprint density at radius 2 is 2.04 bits per heavy atom. The largest absolute Gasteiger partial charge is 0.417 e. The van der Waals surface area contributed by atoms with Gasteiger partial charge < -0.3 is 4.90 Å². The second-order valence-electron chi connectivity index (χ2n) is 6.38. The van der Waals surface area contributed by atoms with Crippen LogP contribution in [0.4, 0.5) is 18.9 Å².